The van der Waals surface area contributed by atoms with Crippen LogP contribution in [0.4, 0.5) is 13.2 Å². The maximum absolute atomic E-state index is 13.0. The van der Waals surface area contributed by atoms with Crippen LogP contribution in [-0.2, 0) is 4.74 Å². The van der Waals surface area contributed by atoms with Gasteiger partial charge in [-0.05, 0) is 24.8 Å². The topological polar surface area (TPSA) is 33.6 Å². The Morgan fingerprint density at radius 1 is 1.52 bits per heavy atom. The average Bonchev–Trinajstić information content (AvgIpc) is 2.45. The van der Waals surface area contributed by atoms with Crippen LogP contribution in [0.2, 0.25) is 0 Å². The van der Waals surface area contributed by atoms with E-state index in [2.05, 4.69) is 16.9 Å². The molecule has 1 heterocycles. The molecule has 1 rings (SSSR count). The molecule has 0 aromatic rings. The number of allylic oxidation sites excluding steroid dienone is 2. The molecular formula is C15H23F3N2O. The summed E-state index contributed by atoms with van der Waals surface area (Å²) >= 11 is 0. The van der Waals surface area contributed by atoms with Crippen LogP contribution >= 0.6 is 0 Å². The molecule has 1 fully saturated rings. The number of nitrogens with zero attached hydrogens (tertiary/aromatic N) is 1. The fourth-order valence-corrected chi connectivity index (χ4v) is 1.91. The van der Waals surface area contributed by atoms with E-state index in [9.17, 15) is 13.2 Å². The average molecular weight is 304 g/mol. The van der Waals surface area contributed by atoms with Crippen LogP contribution < -0.4 is 5.32 Å². The molecule has 0 radical (unpaired) electrons. The summed E-state index contributed by atoms with van der Waals surface area (Å²) in [5, 5.41) is 2.37. The fourth-order valence-electron chi connectivity index (χ4n) is 1.91. The standard InChI is InChI=1S/C15H23F3N2O/c1-4-11(3)9-13(15(16,17)18)20-14(5-2)19-12-7-6-8-21-10-12/h5,9,11-12H,2,4,6-8,10H2,1,3H3,(H,19,20)/b13-9-. The van der Waals surface area contributed by atoms with Gasteiger partial charge in [-0.3, -0.25) is 4.99 Å². The van der Waals surface area contributed by atoms with E-state index in [1.165, 1.54) is 12.2 Å². The molecule has 0 spiro atoms. The minimum atomic E-state index is -4.43. The highest BCUT2D eigenvalue weighted by atomic mass is 19.4. The van der Waals surface area contributed by atoms with E-state index in [-0.39, 0.29) is 17.8 Å². The van der Waals surface area contributed by atoms with Crippen molar-refractivity contribution in [3.63, 3.8) is 0 Å². The van der Waals surface area contributed by atoms with E-state index in [0.29, 0.717) is 19.6 Å². The van der Waals surface area contributed by atoms with Gasteiger partial charge in [-0.15, -0.1) is 0 Å². The number of halogens is 3. The van der Waals surface area contributed by atoms with Gasteiger partial charge in [0.1, 0.15) is 11.5 Å². The number of alkyl halides is 3. The summed E-state index contributed by atoms with van der Waals surface area (Å²) in [7, 11) is 0. The van der Waals surface area contributed by atoms with E-state index >= 15 is 0 Å². The van der Waals surface area contributed by atoms with E-state index in [1.807, 2.05) is 6.92 Å². The molecule has 2 atom stereocenters. The first-order valence-corrected chi connectivity index (χ1v) is 7.20. The molecule has 0 bridgehead atoms. The maximum Gasteiger partial charge on any atom is 0.430 e. The fraction of sp³-hybridized carbons (Fsp3) is 0.667. The summed E-state index contributed by atoms with van der Waals surface area (Å²) in [6.45, 7) is 8.24. The number of nitrogens with one attached hydrogen (secondary N) is 1. The third-order valence-corrected chi connectivity index (χ3v) is 3.31. The van der Waals surface area contributed by atoms with Crippen molar-refractivity contribution >= 4 is 5.84 Å². The monoisotopic (exact) mass is 304 g/mol. The van der Waals surface area contributed by atoms with Crippen LogP contribution in [0.1, 0.15) is 33.1 Å². The first-order chi connectivity index (χ1) is 9.86. The second kappa shape index (κ2) is 8.22. The number of aliphatic imine (C=N–C) groups is 1. The smallest absolute Gasteiger partial charge is 0.379 e. The molecule has 1 aliphatic heterocycles. The van der Waals surface area contributed by atoms with Gasteiger partial charge >= 0.3 is 6.18 Å². The van der Waals surface area contributed by atoms with Crippen molar-refractivity contribution in [1.29, 1.82) is 0 Å². The van der Waals surface area contributed by atoms with Crippen LogP contribution in [0.5, 0.6) is 0 Å². The van der Waals surface area contributed by atoms with E-state index in [4.69, 9.17) is 4.74 Å². The predicted octanol–water partition coefficient (Wildman–Crippen LogP) is 3.83. The van der Waals surface area contributed by atoms with Gasteiger partial charge in [0.05, 0.1) is 12.6 Å². The van der Waals surface area contributed by atoms with Gasteiger partial charge in [-0.25, -0.2) is 0 Å². The molecule has 0 saturated carbocycles. The summed E-state index contributed by atoms with van der Waals surface area (Å²) in [6, 6.07) is -0.114. The Labute approximate surface area is 124 Å². The molecule has 0 aromatic carbocycles. The Kier molecular flexibility index (Phi) is 6.95. The van der Waals surface area contributed by atoms with E-state index < -0.39 is 11.9 Å². The van der Waals surface area contributed by atoms with Crippen LogP contribution in [0.15, 0.2) is 29.4 Å². The zero-order chi connectivity index (χ0) is 15.9. The lowest BCUT2D eigenvalue weighted by Gasteiger charge is -2.21. The number of hydrogen-bond donors (Lipinski definition) is 1. The molecule has 1 saturated heterocycles. The van der Waals surface area contributed by atoms with Crippen molar-refractivity contribution < 1.29 is 17.9 Å². The Morgan fingerprint density at radius 3 is 2.71 bits per heavy atom. The highest BCUT2D eigenvalue weighted by molar-refractivity contribution is 5.93. The lowest BCUT2D eigenvalue weighted by Crippen LogP contribution is -2.33. The second-order valence-electron chi connectivity index (χ2n) is 5.18. The van der Waals surface area contributed by atoms with Crippen LogP contribution in [0, 0.1) is 5.92 Å². The molecule has 1 N–H and O–H groups in total. The SMILES string of the molecule is C=CC(=NC1CCCOC1)N/C(=C\C(C)CC)C(F)(F)F. The summed E-state index contributed by atoms with van der Waals surface area (Å²) in [5.74, 6) is -0.0319. The third kappa shape index (κ3) is 6.33. The van der Waals surface area contributed by atoms with Gasteiger partial charge < -0.3 is 10.1 Å². The first kappa shape index (κ1) is 17.8. The summed E-state index contributed by atoms with van der Waals surface area (Å²) < 4.78 is 44.4. The third-order valence-electron chi connectivity index (χ3n) is 3.31. The lowest BCUT2D eigenvalue weighted by molar-refractivity contribution is -0.0953. The van der Waals surface area contributed by atoms with Crippen LogP contribution in [0.25, 0.3) is 0 Å². The second-order valence-corrected chi connectivity index (χ2v) is 5.18. The highest BCUT2D eigenvalue weighted by Gasteiger charge is 2.34. The predicted molar refractivity (Wildman–Crippen MR) is 78.2 cm³/mol. The van der Waals surface area contributed by atoms with Crippen molar-refractivity contribution in [1.82, 2.24) is 5.32 Å². The molecule has 21 heavy (non-hydrogen) atoms. The molecule has 6 heteroatoms. The first-order valence-electron chi connectivity index (χ1n) is 7.20. The minimum absolute atomic E-state index is 0.114. The van der Waals surface area contributed by atoms with Gasteiger partial charge in [0.15, 0.2) is 0 Å². The van der Waals surface area contributed by atoms with Crippen LogP contribution in [-0.4, -0.2) is 31.3 Å². The molecule has 120 valence electrons. The lowest BCUT2D eigenvalue weighted by atomic mass is 10.1. The number of amidine groups is 1. The molecular weight excluding hydrogens is 281 g/mol. The number of hydrogen-bond acceptors (Lipinski definition) is 2. The normalized spacial score (nSPS) is 22.8. The van der Waals surface area contributed by atoms with Gasteiger partial charge in [-0.1, -0.05) is 32.9 Å². The molecule has 0 aromatic heterocycles. The molecule has 0 aliphatic carbocycles. The van der Waals surface area contributed by atoms with E-state index in [1.54, 1.807) is 6.92 Å². The summed E-state index contributed by atoms with van der Waals surface area (Å²) in [6.07, 6.45) is 0.388. The quantitative estimate of drug-likeness (QED) is 0.618. The van der Waals surface area contributed by atoms with Gasteiger partial charge in [-0.2, -0.15) is 13.2 Å². The summed E-state index contributed by atoms with van der Waals surface area (Å²) in [4.78, 5) is 4.26. The summed E-state index contributed by atoms with van der Waals surface area (Å²) in [5.41, 5.74) is -0.785. The molecule has 1 aliphatic rings. The van der Waals surface area contributed by atoms with Crippen molar-refractivity contribution in [2.75, 3.05) is 13.2 Å². The van der Waals surface area contributed by atoms with Gasteiger partial charge in [0.25, 0.3) is 0 Å². The highest BCUT2D eigenvalue weighted by Crippen LogP contribution is 2.25. The molecule has 2 unspecified atom stereocenters. The van der Waals surface area contributed by atoms with E-state index in [0.717, 1.165) is 12.8 Å². The minimum Gasteiger partial charge on any atom is -0.379 e. The molecule has 0 amide bonds. The van der Waals surface area contributed by atoms with Crippen molar-refractivity contribution in [2.24, 2.45) is 10.9 Å². The number of rotatable bonds is 5. The Hall–Kier alpha value is -1.30. The largest absolute Gasteiger partial charge is 0.430 e. The van der Waals surface area contributed by atoms with Gasteiger partial charge in [0, 0.05) is 6.61 Å². The molecule has 3 nitrogen and oxygen atoms in total. The number of ether oxygens (including phenoxy) is 1. The maximum atomic E-state index is 13.0. The zero-order valence-corrected chi connectivity index (χ0v) is 12.5. The van der Waals surface area contributed by atoms with Crippen molar-refractivity contribution in [3.05, 3.63) is 24.4 Å². The van der Waals surface area contributed by atoms with Gasteiger partial charge in [0.2, 0.25) is 0 Å². The Bertz CT molecular complexity index is 396. The van der Waals surface area contributed by atoms with Crippen molar-refractivity contribution in [3.8, 4) is 0 Å². The Balaban J connectivity index is 2.86. The van der Waals surface area contributed by atoms with Crippen molar-refractivity contribution in [2.45, 2.75) is 45.3 Å². The zero-order valence-electron chi connectivity index (χ0n) is 12.5. The van der Waals surface area contributed by atoms with Crippen LogP contribution in [0.3, 0.4) is 0 Å². The Morgan fingerprint density at radius 2 is 2.24 bits per heavy atom.